The Balaban J connectivity index is 1.79. The number of nitrogens with one attached hydrogen (secondary N) is 1. The number of carbonyl (C=O) groups is 1. The predicted molar refractivity (Wildman–Crippen MR) is 132 cm³/mol. The summed E-state index contributed by atoms with van der Waals surface area (Å²) in [6.07, 6.45) is 0. The summed E-state index contributed by atoms with van der Waals surface area (Å²) in [7, 11) is 0. The summed E-state index contributed by atoms with van der Waals surface area (Å²) in [4.78, 5) is 39.5. The number of nitrogens with zero attached hydrogens (tertiary/aromatic N) is 3. The molecule has 0 saturated carbocycles. The third-order valence-electron chi connectivity index (χ3n) is 5.46. The van der Waals surface area contributed by atoms with E-state index in [4.69, 9.17) is 11.6 Å². The fourth-order valence-corrected chi connectivity index (χ4v) is 3.71. The maximum Gasteiger partial charge on any atom is 0.352 e. The molecule has 0 bridgehead atoms. The summed E-state index contributed by atoms with van der Waals surface area (Å²) < 4.78 is 15.1. The molecule has 0 atom stereocenters. The van der Waals surface area contributed by atoms with E-state index in [9.17, 15) is 18.8 Å². The van der Waals surface area contributed by atoms with Crippen molar-refractivity contribution in [1.82, 2.24) is 19.7 Å². The molecule has 0 aliphatic rings. The van der Waals surface area contributed by atoms with Gasteiger partial charge in [-0.1, -0.05) is 59.6 Å². The molecule has 4 aromatic rings. The van der Waals surface area contributed by atoms with Crippen LogP contribution in [0.4, 0.5) is 4.39 Å². The number of benzene rings is 3. The lowest BCUT2D eigenvalue weighted by Gasteiger charge is -2.13. The zero-order chi connectivity index (χ0) is 25.1. The number of amides is 1. The van der Waals surface area contributed by atoms with Gasteiger partial charge in [0.2, 0.25) is 5.69 Å². The molecular formula is C26H22ClFN4O3. The van der Waals surface area contributed by atoms with Gasteiger partial charge in [0.15, 0.2) is 0 Å². The maximum atomic E-state index is 13.3. The van der Waals surface area contributed by atoms with Gasteiger partial charge in [0, 0.05) is 11.6 Å². The van der Waals surface area contributed by atoms with E-state index in [-0.39, 0.29) is 13.1 Å². The lowest BCUT2D eigenvalue weighted by Crippen LogP contribution is -2.46. The minimum absolute atomic E-state index is 0.0420. The Labute approximate surface area is 205 Å². The Morgan fingerprint density at radius 3 is 2.43 bits per heavy atom. The van der Waals surface area contributed by atoms with Gasteiger partial charge in [-0.05, 0) is 54.8 Å². The second-order valence-corrected chi connectivity index (χ2v) is 8.57. The second kappa shape index (κ2) is 10.1. The van der Waals surface area contributed by atoms with Crippen molar-refractivity contribution in [2.45, 2.75) is 26.9 Å². The summed E-state index contributed by atoms with van der Waals surface area (Å²) in [6.45, 7) is 3.72. The van der Waals surface area contributed by atoms with Gasteiger partial charge in [0.25, 0.3) is 11.5 Å². The molecule has 0 fully saturated rings. The van der Waals surface area contributed by atoms with Gasteiger partial charge < -0.3 is 5.32 Å². The Hall–Kier alpha value is -4.04. The van der Waals surface area contributed by atoms with E-state index >= 15 is 0 Å². The van der Waals surface area contributed by atoms with Crippen molar-refractivity contribution in [1.29, 1.82) is 0 Å². The van der Waals surface area contributed by atoms with E-state index in [1.807, 2.05) is 32.0 Å². The molecule has 9 heteroatoms. The molecule has 1 heterocycles. The number of carbonyl (C=O) groups excluding carboxylic acids is 1. The molecule has 0 aliphatic heterocycles. The number of halogens is 2. The summed E-state index contributed by atoms with van der Waals surface area (Å²) in [6, 6.07) is 17.9. The fourth-order valence-electron chi connectivity index (χ4n) is 3.54. The van der Waals surface area contributed by atoms with Gasteiger partial charge in [-0.2, -0.15) is 9.78 Å². The first-order chi connectivity index (χ1) is 16.7. The van der Waals surface area contributed by atoms with Crippen LogP contribution in [-0.2, 0) is 13.1 Å². The highest BCUT2D eigenvalue weighted by atomic mass is 35.5. The van der Waals surface area contributed by atoms with Crippen molar-refractivity contribution in [2.24, 2.45) is 0 Å². The van der Waals surface area contributed by atoms with Crippen LogP contribution in [-0.4, -0.2) is 20.3 Å². The summed E-state index contributed by atoms with van der Waals surface area (Å²) in [5, 5.41) is 7.13. The first-order valence-electron chi connectivity index (χ1n) is 10.8. The largest absolute Gasteiger partial charge is 0.352 e. The SMILES string of the molecule is Cc1cccc(Cn2c(=O)c(C(=O)NCc3ccc(F)cc3)nn(-c3ccc(C)c(Cl)c3)c2=O)c1. The van der Waals surface area contributed by atoms with Crippen LogP contribution in [0.3, 0.4) is 0 Å². The number of aromatic nitrogens is 3. The first kappa shape index (κ1) is 24.1. The molecule has 4 rings (SSSR count). The molecule has 1 aromatic heterocycles. The van der Waals surface area contributed by atoms with Crippen LogP contribution in [0.25, 0.3) is 5.69 Å². The molecule has 7 nitrogen and oxygen atoms in total. The topological polar surface area (TPSA) is 86.0 Å². The summed E-state index contributed by atoms with van der Waals surface area (Å²) in [5.41, 5.74) is 1.47. The van der Waals surface area contributed by atoms with Gasteiger partial charge in [0.05, 0.1) is 12.2 Å². The van der Waals surface area contributed by atoms with E-state index in [2.05, 4.69) is 10.4 Å². The monoisotopic (exact) mass is 492 g/mol. The quantitative estimate of drug-likeness (QED) is 0.444. The molecule has 1 N–H and O–H groups in total. The highest BCUT2D eigenvalue weighted by Gasteiger charge is 2.21. The number of aryl methyl sites for hydroxylation is 2. The smallest absolute Gasteiger partial charge is 0.346 e. The van der Waals surface area contributed by atoms with Gasteiger partial charge in [-0.15, -0.1) is 0 Å². The molecule has 0 unspecified atom stereocenters. The fraction of sp³-hybridized carbons (Fsp3) is 0.154. The van der Waals surface area contributed by atoms with Crippen LogP contribution in [0, 0.1) is 19.7 Å². The molecule has 0 spiro atoms. The van der Waals surface area contributed by atoms with Crippen LogP contribution in [0.1, 0.15) is 32.7 Å². The van der Waals surface area contributed by atoms with E-state index in [0.29, 0.717) is 16.3 Å². The number of hydrogen-bond donors (Lipinski definition) is 1. The molecule has 0 radical (unpaired) electrons. The molecular weight excluding hydrogens is 471 g/mol. The molecule has 35 heavy (non-hydrogen) atoms. The molecule has 0 aliphatic carbocycles. The van der Waals surface area contributed by atoms with Crippen molar-refractivity contribution in [3.63, 3.8) is 0 Å². The van der Waals surface area contributed by atoms with Crippen LogP contribution in [0.2, 0.25) is 5.02 Å². The third-order valence-corrected chi connectivity index (χ3v) is 5.87. The Morgan fingerprint density at radius 2 is 1.74 bits per heavy atom. The zero-order valence-corrected chi connectivity index (χ0v) is 19.8. The van der Waals surface area contributed by atoms with E-state index in [1.54, 1.807) is 24.3 Å². The standard InChI is InChI=1S/C26H22ClFN4O3/c1-16-4-3-5-19(12-16)15-31-25(34)23(24(33)29-14-18-7-9-20(28)10-8-18)30-32(26(31)35)21-11-6-17(2)22(27)13-21/h3-13H,14-15H2,1-2H3,(H,29,33). The third kappa shape index (κ3) is 5.38. The number of hydrogen-bond acceptors (Lipinski definition) is 4. The van der Waals surface area contributed by atoms with Crippen molar-refractivity contribution in [3.05, 3.63) is 126 Å². The Morgan fingerprint density at radius 1 is 1.00 bits per heavy atom. The first-order valence-corrected chi connectivity index (χ1v) is 11.2. The lowest BCUT2D eigenvalue weighted by molar-refractivity contribution is 0.0941. The lowest BCUT2D eigenvalue weighted by atomic mass is 10.1. The maximum absolute atomic E-state index is 13.3. The van der Waals surface area contributed by atoms with Gasteiger partial charge in [-0.3, -0.25) is 14.2 Å². The van der Waals surface area contributed by atoms with Crippen molar-refractivity contribution >= 4 is 17.5 Å². The van der Waals surface area contributed by atoms with Gasteiger partial charge in [-0.25, -0.2) is 9.18 Å². The summed E-state index contributed by atoms with van der Waals surface area (Å²) in [5.74, 6) is -1.16. The summed E-state index contributed by atoms with van der Waals surface area (Å²) >= 11 is 6.25. The van der Waals surface area contributed by atoms with Crippen LogP contribution in [0.15, 0.2) is 76.3 Å². The minimum Gasteiger partial charge on any atom is -0.346 e. The highest BCUT2D eigenvalue weighted by Crippen LogP contribution is 2.18. The minimum atomic E-state index is -0.817. The Kier molecular flexibility index (Phi) is 6.93. The van der Waals surface area contributed by atoms with Crippen molar-refractivity contribution in [3.8, 4) is 5.69 Å². The number of rotatable bonds is 6. The second-order valence-electron chi connectivity index (χ2n) is 8.17. The van der Waals surface area contributed by atoms with Gasteiger partial charge >= 0.3 is 5.69 Å². The van der Waals surface area contributed by atoms with E-state index < -0.39 is 28.7 Å². The zero-order valence-electron chi connectivity index (χ0n) is 19.1. The molecule has 1 amide bonds. The predicted octanol–water partition coefficient (Wildman–Crippen LogP) is 3.78. The average Bonchev–Trinajstić information content (AvgIpc) is 2.83. The van der Waals surface area contributed by atoms with Crippen LogP contribution >= 0.6 is 11.6 Å². The van der Waals surface area contributed by atoms with Crippen LogP contribution < -0.4 is 16.6 Å². The van der Waals surface area contributed by atoms with Gasteiger partial charge in [0.1, 0.15) is 5.82 Å². The van der Waals surface area contributed by atoms with Crippen molar-refractivity contribution < 1.29 is 9.18 Å². The average molecular weight is 493 g/mol. The van der Waals surface area contributed by atoms with Crippen molar-refractivity contribution in [2.75, 3.05) is 0 Å². The molecule has 3 aromatic carbocycles. The normalized spacial score (nSPS) is 10.9. The molecule has 178 valence electrons. The molecule has 0 saturated heterocycles. The van der Waals surface area contributed by atoms with E-state index in [0.717, 1.165) is 25.9 Å². The van der Waals surface area contributed by atoms with E-state index in [1.165, 1.54) is 24.3 Å². The highest BCUT2D eigenvalue weighted by molar-refractivity contribution is 6.31. The Bertz CT molecular complexity index is 1530. The van der Waals surface area contributed by atoms with Crippen LogP contribution in [0.5, 0.6) is 0 Å².